The van der Waals surface area contributed by atoms with Crippen molar-refractivity contribution in [3.63, 3.8) is 0 Å². The van der Waals surface area contributed by atoms with Crippen LogP contribution in [0.5, 0.6) is 5.75 Å². The predicted molar refractivity (Wildman–Crippen MR) is 260 cm³/mol. The van der Waals surface area contributed by atoms with Gasteiger partial charge in [-0.05, 0) is 141 Å². The van der Waals surface area contributed by atoms with Crippen molar-refractivity contribution in [1.82, 2.24) is 25.3 Å². The summed E-state index contributed by atoms with van der Waals surface area (Å²) in [7, 11) is -0.718. The van der Waals surface area contributed by atoms with Crippen LogP contribution in [0.15, 0.2) is 54.7 Å². The number of aryl methyl sites for hydroxylation is 1. The van der Waals surface area contributed by atoms with Crippen molar-refractivity contribution in [3.05, 3.63) is 71.5 Å². The predicted octanol–water partition coefficient (Wildman–Crippen LogP) is 11.5. The second kappa shape index (κ2) is 19.5. The molecule has 2 N–H and O–H groups in total. The number of carbonyl (C=O) groups is 3. The van der Waals surface area contributed by atoms with Crippen molar-refractivity contribution >= 4 is 37.0 Å². The first kappa shape index (κ1) is 48.9. The van der Waals surface area contributed by atoms with Crippen LogP contribution in [0.1, 0.15) is 139 Å². The fourth-order valence-electron chi connectivity index (χ4n) is 10.5. The third-order valence-electron chi connectivity index (χ3n) is 13.6. The van der Waals surface area contributed by atoms with Crippen LogP contribution < -0.4 is 15.2 Å². The van der Waals surface area contributed by atoms with Gasteiger partial charge in [-0.25, -0.2) is 10.2 Å². The summed E-state index contributed by atoms with van der Waals surface area (Å²) in [6.45, 7) is 29.0. The first-order valence-electron chi connectivity index (χ1n) is 23.6. The highest BCUT2D eigenvalue weighted by Crippen LogP contribution is 2.46. The fourth-order valence-corrected chi connectivity index (χ4v) is 15.7. The molecule has 3 atom stereocenters. The highest BCUT2D eigenvalue weighted by Gasteiger charge is 2.47. The molecule has 2 aromatic carbocycles. The summed E-state index contributed by atoms with van der Waals surface area (Å²) in [6.07, 6.45) is 4.13. The van der Waals surface area contributed by atoms with Gasteiger partial charge in [0.15, 0.2) is 5.78 Å². The van der Waals surface area contributed by atoms with E-state index >= 15 is 0 Å². The summed E-state index contributed by atoms with van der Waals surface area (Å²) in [4.78, 5) is 47.2. The van der Waals surface area contributed by atoms with Crippen LogP contribution in [0.25, 0.3) is 33.3 Å². The zero-order valence-electron chi connectivity index (χ0n) is 41.1. The Hall–Kier alpha value is -4.52. The van der Waals surface area contributed by atoms with Crippen LogP contribution in [0.2, 0.25) is 16.6 Å². The van der Waals surface area contributed by atoms with E-state index in [2.05, 4.69) is 120 Å². The molecule has 64 heavy (non-hydrogen) atoms. The lowest BCUT2D eigenvalue weighted by atomic mass is 9.79. The number of rotatable bonds is 10. The molecule has 11 nitrogen and oxygen atoms in total. The molecule has 0 spiro atoms. The summed E-state index contributed by atoms with van der Waals surface area (Å²) >= 11 is 0. The number of carbonyl (C=O) groups excluding carboxylic acids is 3. The molecule has 6 rings (SSSR count). The van der Waals surface area contributed by atoms with Gasteiger partial charge in [0.1, 0.15) is 17.4 Å². The average Bonchev–Trinajstić information content (AvgIpc) is 3.53. The Morgan fingerprint density at radius 3 is 2.33 bits per heavy atom. The summed E-state index contributed by atoms with van der Waals surface area (Å²) < 4.78 is 21.4. The highest BCUT2D eigenvalue weighted by atomic mass is 28.4. The molecule has 2 aromatic heterocycles. The van der Waals surface area contributed by atoms with Crippen molar-refractivity contribution in [1.29, 1.82) is 0 Å². The number of alkyl carbamates (subject to hydrolysis) is 1. The number of fused-ring (bicyclic) bond motifs is 6. The maximum absolute atomic E-state index is 14.7. The second-order valence-electron chi connectivity index (χ2n) is 20.9. The summed E-state index contributed by atoms with van der Waals surface area (Å²) in [5.41, 5.74) is 11.4. The van der Waals surface area contributed by atoms with Gasteiger partial charge >= 0.3 is 6.09 Å². The third kappa shape index (κ3) is 10.4. The number of amides is 2. The number of hydrogen-bond acceptors (Lipinski definition) is 8. The molecule has 0 radical (unpaired) electrons. The van der Waals surface area contributed by atoms with Gasteiger partial charge in [-0.1, -0.05) is 67.5 Å². The van der Waals surface area contributed by atoms with Crippen LogP contribution in [0, 0.1) is 5.41 Å². The number of aromatic nitrogens is 2. The van der Waals surface area contributed by atoms with E-state index in [-0.39, 0.29) is 29.6 Å². The smallest absolute Gasteiger partial charge is 0.408 e. The van der Waals surface area contributed by atoms with Crippen molar-refractivity contribution in [2.24, 2.45) is 5.41 Å². The average molecular weight is 894 g/mol. The number of nitrogens with one attached hydrogen (secondary N) is 2. The minimum Gasteiger partial charge on any atom is -0.543 e. The second-order valence-corrected chi connectivity index (χ2v) is 26.3. The van der Waals surface area contributed by atoms with E-state index in [1.54, 1.807) is 32.9 Å². The van der Waals surface area contributed by atoms with Gasteiger partial charge in [0.2, 0.25) is 0 Å². The van der Waals surface area contributed by atoms with Gasteiger partial charge in [0.25, 0.3) is 14.2 Å². The fraction of sp³-hybridized carbons (Fsp3) is 0.577. The Bertz CT molecular complexity index is 2300. The van der Waals surface area contributed by atoms with Crippen LogP contribution in [-0.2, 0) is 38.4 Å². The molecule has 348 valence electrons. The van der Waals surface area contributed by atoms with Crippen molar-refractivity contribution in [3.8, 4) is 28.1 Å². The first-order chi connectivity index (χ1) is 30.1. The number of hydrogen-bond donors (Lipinski definition) is 2. The molecular weight excluding hydrogens is 819 g/mol. The van der Waals surface area contributed by atoms with Crippen molar-refractivity contribution in [2.45, 2.75) is 175 Å². The molecule has 2 amide bonds. The maximum atomic E-state index is 14.7. The van der Waals surface area contributed by atoms with Gasteiger partial charge in [-0.3, -0.25) is 19.6 Å². The Morgan fingerprint density at radius 1 is 0.984 bits per heavy atom. The number of hydrazine groups is 1. The van der Waals surface area contributed by atoms with E-state index in [9.17, 15) is 14.4 Å². The molecule has 0 unspecified atom stereocenters. The first-order valence-corrected chi connectivity index (χ1v) is 25.8. The van der Waals surface area contributed by atoms with Gasteiger partial charge in [-0.2, -0.15) is 0 Å². The minimum absolute atomic E-state index is 0.0768. The molecule has 1 fully saturated rings. The molecule has 2 aliphatic rings. The minimum atomic E-state index is -2.44. The van der Waals surface area contributed by atoms with E-state index < -0.39 is 32.1 Å². The molecule has 4 heterocycles. The van der Waals surface area contributed by atoms with Crippen molar-refractivity contribution < 1.29 is 28.3 Å². The lowest BCUT2D eigenvalue weighted by molar-refractivity contribution is -0.141. The Balaban J connectivity index is 1.64. The van der Waals surface area contributed by atoms with E-state index in [1.807, 2.05) is 19.2 Å². The highest BCUT2D eigenvalue weighted by molar-refractivity contribution is 6.78. The molecule has 0 saturated carbocycles. The Labute approximate surface area is 383 Å². The zero-order valence-corrected chi connectivity index (χ0v) is 42.1. The zero-order chi connectivity index (χ0) is 46.9. The van der Waals surface area contributed by atoms with E-state index in [0.717, 1.165) is 63.3 Å². The summed E-state index contributed by atoms with van der Waals surface area (Å²) in [5, 5.41) is 5.63. The van der Waals surface area contributed by atoms with Gasteiger partial charge < -0.3 is 23.8 Å². The summed E-state index contributed by atoms with van der Waals surface area (Å²) in [6, 6.07) is 15.7. The number of nitrogens with zero attached hydrogens (tertiary/aromatic N) is 3. The monoisotopic (exact) mass is 894 g/mol. The molecule has 12 heteroatoms. The van der Waals surface area contributed by atoms with E-state index in [4.69, 9.17) is 18.9 Å². The number of Topliss-reactive ketones (excluding diaryl/α,β-unsaturated/α-hetero) is 1. The number of ketones is 1. The Kier molecular flexibility index (Phi) is 14.9. The standard InChI is InChI=1S/C52H75N5O6Si/c1-15-56-45-21-20-37-30-41(45)42(48(56)40-18-16-24-53-47(40)35(8)61-14)31-52(12,13)23-22-46(58)43-19-17-25-57(55-43)49(59)44(54-50(60)62-51(9,10)11)28-36-26-38(37)29-39(27-36)63-64(32(2)3,33(4)5)34(6)7/h16,18,20-21,24,26-27,29-30,32-35,43-44,55H,15,17,19,22-23,25,28,31H2,1-14H3,(H,54,60)/t35-,43-,44-/m0/s1. The van der Waals surface area contributed by atoms with Gasteiger partial charge in [0, 0.05) is 55.7 Å². The number of benzene rings is 2. The maximum Gasteiger partial charge on any atom is 0.408 e. The Morgan fingerprint density at radius 2 is 1.69 bits per heavy atom. The van der Waals surface area contributed by atoms with Crippen molar-refractivity contribution in [2.75, 3.05) is 13.7 Å². The largest absolute Gasteiger partial charge is 0.543 e. The molecule has 0 aliphatic carbocycles. The molecular formula is C52H75N5O6Si. The lowest BCUT2D eigenvalue weighted by Crippen LogP contribution is -2.60. The molecule has 1 saturated heterocycles. The lowest BCUT2D eigenvalue weighted by Gasteiger charge is -2.42. The molecule has 2 aliphatic heterocycles. The number of pyridine rings is 1. The van der Waals surface area contributed by atoms with E-state index in [1.165, 1.54) is 5.56 Å². The SMILES string of the molecule is CCn1c(-c2cccnc2[C@H](C)OC)c2c3cc(ccc31)-c1cc(cc(O[Si](C(C)C)(C(C)C)C(C)C)c1)C[C@H](NC(=O)OC(C)(C)C)C(=O)N1CCC[C@H](N1)C(=O)CCC(C)(C)C2. The van der Waals surface area contributed by atoms with Crippen LogP contribution in [0.3, 0.4) is 0 Å². The molecule has 6 bridgehead atoms. The summed E-state index contributed by atoms with van der Waals surface area (Å²) in [5.74, 6) is 0.523. The third-order valence-corrected chi connectivity index (χ3v) is 19.6. The topological polar surface area (TPSA) is 124 Å². The number of methoxy groups -OCH3 is 1. The van der Waals surface area contributed by atoms with Gasteiger partial charge in [-0.15, -0.1) is 0 Å². The normalized spacial score (nSPS) is 19.3. The van der Waals surface area contributed by atoms with Crippen LogP contribution in [-0.4, -0.2) is 72.0 Å². The van der Waals surface area contributed by atoms with Crippen LogP contribution in [0.4, 0.5) is 4.79 Å². The quantitative estimate of drug-likeness (QED) is 0.151. The van der Waals surface area contributed by atoms with E-state index in [0.29, 0.717) is 48.9 Å². The number of ether oxygens (including phenoxy) is 2. The van der Waals surface area contributed by atoms with Gasteiger partial charge in [0.05, 0.1) is 23.5 Å². The van der Waals surface area contributed by atoms with Crippen LogP contribution >= 0.6 is 0 Å². The molecule has 4 aromatic rings.